The Morgan fingerprint density at radius 3 is 2.78 bits per heavy atom. The molecule has 0 aromatic heterocycles. The second kappa shape index (κ2) is 5.89. The van der Waals surface area contributed by atoms with E-state index in [1.165, 1.54) is 25.7 Å². The summed E-state index contributed by atoms with van der Waals surface area (Å²) < 4.78 is 5.81. The van der Waals surface area contributed by atoms with Crippen LogP contribution in [0.4, 0.5) is 0 Å². The molecule has 0 aliphatic heterocycles. The summed E-state index contributed by atoms with van der Waals surface area (Å²) in [5, 5.41) is 0. The van der Waals surface area contributed by atoms with Gasteiger partial charge >= 0.3 is 0 Å². The maximum atomic E-state index is 11.3. The molecular formula is C15H21NO2. The van der Waals surface area contributed by atoms with Crippen LogP contribution in [0.2, 0.25) is 0 Å². The lowest BCUT2D eigenvalue weighted by molar-refractivity contribution is 0.0992. The van der Waals surface area contributed by atoms with Crippen LogP contribution in [0.15, 0.2) is 24.3 Å². The molecule has 1 aromatic rings. The number of amides is 1. The van der Waals surface area contributed by atoms with E-state index in [0.717, 1.165) is 0 Å². The number of ether oxygens (including phenoxy) is 1. The zero-order valence-electron chi connectivity index (χ0n) is 10.9. The molecule has 0 spiro atoms. The average Bonchev–Trinajstić information content (AvgIpc) is 2.38. The van der Waals surface area contributed by atoms with Gasteiger partial charge in [0.2, 0.25) is 0 Å². The normalized spacial score (nSPS) is 23.6. The van der Waals surface area contributed by atoms with Gasteiger partial charge in [-0.15, -0.1) is 0 Å². The van der Waals surface area contributed by atoms with Crippen molar-refractivity contribution in [1.82, 2.24) is 0 Å². The predicted octanol–water partition coefficient (Wildman–Crippen LogP) is 2.99. The van der Waals surface area contributed by atoms with Crippen LogP contribution >= 0.6 is 0 Å². The molecule has 1 aromatic carbocycles. The molecule has 2 atom stereocenters. The number of nitrogens with two attached hydrogens (primary N) is 1. The van der Waals surface area contributed by atoms with Crippen molar-refractivity contribution in [3.8, 4) is 5.75 Å². The monoisotopic (exact) mass is 247 g/mol. The van der Waals surface area contributed by atoms with Gasteiger partial charge in [-0.1, -0.05) is 38.3 Å². The van der Waals surface area contributed by atoms with E-state index in [1.54, 1.807) is 12.1 Å². The summed E-state index contributed by atoms with van der Waals surface area (Å²) in [6.07, 6.45) is 5.12. The smallest absolute Gasteiger partial charge is 0.252 e. The molecule has 3 heteroatoms. The number of primary amides is 1. The van der Waals surface area contributed by atoms with Crippen molar-refractivity contribution >= 4 is 5.91 Å². The van der Waals surface area contributed by atoms with Crippen LogP contribution in [0.1, 0.15) is 43.0 Å². The molecule has 0 radical (unpaired) electrons. The van der Waals surface area contributed by atoms with E-state index in [9.17, 15) is 4.79 Å². The standard InChI is InChI=1S/C15H21NO2/c1-11-6-2-3-7-12(11)10-18-14-9-5-4-8-13(14)15(16)17/h4-5,8-9,11-12H,2-3,6-7,10H2,1H3,(H2,16,17). The number of hydrogen-bond acceptors (Lipinski definition) is 2. The van der Waals surface area contributed by atoms with Gasteiger partial charge in [-0.3, -0.25) is 4.79 Å². The summed E-state index contributed by atoms with van der Waals surface area (Å²) in [5.41, 5.74) is 5.80. The van der Waals surface area contributed by atoms with Crippen molar-refractivity contribution < 1.29 is 9.53 Å². The van der Waals surface area contributed by atoms with Gasteiger partial charge in [0, 0.05) is 0 Å². The summed E-state index contributed by atoms with van der Waals surface area (Å²) in [6.45, 7) is 2.97. The quantitative estimate of drug-likeness (QED) is 0.889. The molecule has 3 nitrogen and oxygen atoms in total. The first-order chi connectivity index (χ1) is 8.68. The van der Waals surface area contributed by atoms with E-state index >= 15 is 0 Å². The fourth-order valence-electron chi connectivity index (χ4n) is 2.63. The first-order valence-corrected chi connectivity index (χ1v) is 6.70. The third-order valence-corrected chi connectivity index (χ3v) is 3.89. The summed E-state index contributed by atoms with van der Waals surface area (Å²) in [4.78, 5) is 11.3. The van der Waals surface area contributed by atoms with Crippen LogP contribution in [0, 0.1) is 11.8 Å². The third kappa shape index (κ3) is 3.03. The lowest BCUT2D eigenvalue weighted by Gasteiger charge is -2.28. The third-order valence-electron chi connectivity index (χ3n) is 3.89. The summed E-state index contributed by atoms with van der Waals surface area (Å²) in [6, 6.07) is 7.19. The van der Waals surface area contributed by atoms with Gasteiger partial charge in [0.15, 0.2) is 0 Å². The van der Waals surface area contributed by atoms with Crippen LogP contribution < -0.4 is 10.5 Å². The minimum atomic E-state index is -0.428. The maximum Gasteiger partial charge on any atom is 0.252 e. The zero-order chi connectivity index (χ0) is 13.0. The summed E-state index contributed by atoms with van der Waals surface area (Å²) in [7, 11) is 0. The highest BCUT2D eigenvalue weighted by Gasteiger charge is 2.22. The highest BCUT2D eigenvalue weighted by atomic mass is 16.5. The minimum Gasteiger partial charge on any atom is -0.492 e. The van der Waals surface area contributed by atoms with E-state index < -0.39 is 5.91 Å². The van der Waals surface area contributed by atoms with Gasteiger partial charge in [-0.05, 0) is 30.4 Å². The molecule has 18 heavy (non-hydrogen) atoms. The van der Waals surface area contributed by atoms with Gasteiger partial charge in [0.25, 0.3) is 5.91 Å². The molecule has 0 saturated heterocycles. The van der Waals surface area contributed by atoms with Crippen LogP contribution in [-0.4, -0.2) is 12.5 Å². The highest BCUT2D eigenvalue weighted by molar-refractivity contribution is 5.95. The number of para-hydroxylation sites is 1. The first-order valence-electron chi connectivity index (χ1n) is 6.70. The Bertz CT molecular complexity index is 417. The van der Waals surface area contributed by atoms with E-state index in [0.29, 0.717) is 29.8 Å². The molecule has 1 aliphatic rings. The van der Waals surface area contributed by atoms with Crippen molar-refractivity contribution in [3.63, 3.8) is 0 Å². The Hall–Kier alpha value is -1.51. The number of benzene rings is 1. The molecule has 1 amide bonds. The van der Waals surface area contributed by atoms with Gasteiger partial charge in [-0.2, -0.15) is 0 Å². The number of carbonyl (C=O) groups excluding carboxylic acids is 1. The number of rotatable bonds is 4. The van der Waals surface area contributed by atoms with Crippen LogP contribution in [0.5, 0.6) is 5.75 Å². The van der Waals surface area contributed by atoms with E-state index in [1.807, 2.05) is 12.1 Å². The number of hydrogen-bond donors (Lipinski definition) is 1. The van der Waals surface area contributed by atoms with Gasteiger partial charge in [-0.25, -0.2) is 0 Å². The van der Waals surface area contributed by atoms with Crippen molar-refractivity contribution in [2.45, 2.75) is 32.6 Å². The van der Waals surface area contributed by atoms with Crippen molar-refractivity contribution in [1.29, 1.82) is 0 Å². The van der Waals surface area contributed by atoms with Crippen LogP contribution in [-0.2, 0) is 0 Å². The average molecular weight is 247 g/mol. The Kier molecular flexibility index (Phi) is 4.24. The van der Waals surface area contributed by atoms with E-state index in [-0.39, 0.29) is 0 Å². The van der Waals surface area contributed by atoms with E-state index in [4.69, 9.17) is 10.5 Å². The van der Waals surface area contributed by atoms with Crippen LogP contribution in [0.3, 0.4) is 0 Å². The molecular weight excluding hydrogens is 226 g/mol. The molecule has 2 rings (SSSR count). The molecule has 1 aliphatic carbocycles. The Morgan fingerprint density at radius 1 is 1.33 bits per heavy atom. The van der Waals surface area contributed by atoms with E-state index in [2.05, 4.69) is 6.92 Å². The minimum absolute atomic E-state index is 0.428. The largest absolute Gasteiger partial charge is 0.492 e. The number of carbonyl (C=O) groups is 1. The SMILES string of the molecule is CC1CCCCC1COc1ccccc1C(N)=O. The molecule has 2 N–H and O–H groups in total. The fraction of sp³-hybridized carbons (Fsp3) is 0.533. The Labute approximate surface area is 108 Å². The van der Waals surface area contributed by atoms with Crippen molar-refractivity contribution in [2.75, 3.05) is 6.61 Å². The fourth-order valence-corrected chi connectivity index (χ4v) is 2.63. The van der Waals surface area contributed by atoms with Crippen LogP contribution in [0.25, 0.3) is 0 Å². The van der Waals surface area contributed by atoms with Gasteiger partial charge in [0.05, 0.1) is 12.2 Å². The second-order valence-electron chi connectivity index (χ2n) is 5.19. The van der Waals surface area contributed by atoms with Gasteiger partial charge < -0.3 is 10.5 Å². The predicted molar refractivity (Wildman–Crippen MR) is 71.6 cm³/mol. The molecule has 2 unspecified atom stereocenters. The summed E-state index contributed by atoms with van der Waals surface area (Å²) >= 11 is 0. The zero-order valence-corrected chi connectivity index (χ0v) is 10.9. The molecule has 1 fully saturated rings. The molecule has 0 heterocycles. The van der Waals surface area contributed by atoms with Crippen molar-refractivity contribution in [2.24, 2.45) is 17.6 Å². The lowest BCUT2D eigenvalue weighted by atomic mass is 9.81. The Balaban J connectivity index is 1.99. The lowest BCUT2D eigenvalue weighted by Crippen LogP contribution is -2.24. The summed E-state index contributed by atoms with van der Waals surface area (Å²) in [5.74, 6) is 1.49. The van der Waals surface area contributed by atoms with Crippen molar-refractivity contribution in [3.05, 3.63) is 29.8 Å². The molecule has 1 saturated carbocycles. The first kappa shape index (κ1) is 12.9. The topological polar surface area (TPSA) is 52.3 Å². The second-order valence-corrected chi connectivity index (χ2v) is 5.19. The highest BCUT2D eigenvalue weighted by Crippen LogP contribution is 2.30. The maximum absolute atomic E-state index is 11.3. The Morgan fingerprint density at radius 2 is 2.06 bits per heavy atom. The molecule has 98 valence electrons. The van der Waals surface area contributed by atoms with Gasteiger partial charge in [0.1, 0.15) is 5.75 Å². The molecule has 0 bridgehead atoms.